The number of halogens is 2. The molecule has 0 aliphatic heterocycles. The number of aromatic nitrogens is 1. The van der Waals surface area contributed by atoms with Gasteiger partial charge in [-0.3, -0.25) is 9.52 Å². The zero-order valence-electron chi connectivity index (χ0n) is 22.4. The Kier molecular flexibility index (Phi) is 7.60. The van der Waals surface area contributed by atoms with Crippen LogP contribution >= 0.6 is 0 Å². The molecule has 4 aromatic carbocycles. The molecule has 0 spiro atoms. The molecule has 216 valence electrons. The Morgan fingerprint density at radius 1 is 0.833 bits per heavy atom. The third-order valence-corrected chi connectivity index (χ3v) is 8.47. The van der Waals surface area contributed by atoms with E-state index in [4.69, 9.17) is 0 Å². The highest BCUT2D eigenvalue weighted by Crippen LogP contribution is 2.38. The molecule has 0 fully saturated rings. The van der Waals surface area contributed by atoms with Gasteiger partial charge in [0.1, 0.15) is 17.3 Å². The van der Waals surface area contributed by atoms with E-state index in [-0.39, 0.29) is 39.5 Å². The molecule has 0 atom stereocenters. The summed E-state index contributed by atoms with van der Waals surface area (Å²) >= 11 is 0. The molecular weight excluding hydrogens is 584 g/mol. The monoisotopic (exact) mass is 609 g/mol. The van der Waals surface area contributed by atoms with Crippen LogP contribution in [0, 0.1) is 18.6 Å². The molecule has 5 aromatic rings. The lowest BCUT2D eigenvalue weighted by Gasteiger charge is -2.14. The SMILES string of the molecule is Cc1ccc2c(c1)c(-c1ccccc1F)c(C(=O)NS(=O)(=O)c1cccc(NS(C)(=O)=O)c1)n2Cc1ccccc1F. The topological polar surface area (TPSA) is 114 Å². The fourth-order valence-electron chi connectivity index (χ4n) is 4.77. The quantitative estimate of drug-likeness (QED) is 0.244. The molecule has 12 heteroatoms. The lowest BCUT2D eigenvalue weighted by molar-refractivity contribution is 0.0974. The first-order valence-corrected chi connectivity index (χ1v) is 16.0. The largest absolute Gasteiger partial charge is 0.331 e. The fourth-order valence-corrected chi connectivity index (χ4v) is 6.33. The van der Waals surface area contributed by atoms with Crippen molar-refractivity contribution in [2.75, 3.05) is 11.0 Å². The number of nitrogens with zero attached hydrogens (tertiary/aromatic N) is 1. The summed E-state index contributed by atoms with van der Waals surface area (Å²) in [5.74, 6) is -2.26. The maximum atomic E-state index is 15.3. The van der Waals surface area contributed by atoms with Gasteiger partial charge in [0.15, 0.2) is 0 Å². The number of amides is 1. The highest BCUT2D eigenvalue weighted by Gasteiger charge is 2.29. The number of benzene rings is 4. The van der Waals surface area contributed by atoms with Crippen molar-refractivity contribution in [1.29, 1.82) is 0 Å². The van der Waals surface area contributed by atoms with Crippen molar-refractivity contribution >= 4 is 42.5 Å². The molecule has 2 N–H and O–H groups in total. The van der Waals surface area contributed by atoms with Crippen LogP contribution in [0.1, 0.15) is 21.6 Å². The van der Waals surface area contributed by atoms with Crippen LogP contribution in [0.3, 0.4) is 0 Å². The van der Waals surface area contributed by atoms with Gasteiger partial charge in [0.25, 0.3) is 15.9 Å². The molecule has 0 aliphatic rings. The van der Waals surface area contributed by atoms with Gasteiger partial charge in [-0.05, 0) is 49.4 Å². The van der Waals surface area contributed by atoms with E-state index >= 15 is 4.39 Å². The second-order valence-corrected chi connectivity index (χ2v) is 13.2. The number of fused-ring (bicyclic) bond motifs is 1. The van der Waals surface area contributed by atoms with Crippen molar-refractivity contribution in [3.63, 3.8) is 0 Å². The number of sulfonamides is 2. The number of carbonyl (C=O) groups is 1. The molecule has 0 radical (unpaired) electrons. The average molecular weight is 610 g/mol. The van der Waals surface area contributed by atoms with Gasteiger partial charge >= 0.3 is 0 Å². The van der Waals surface area contributed by atoms with E-state index in [0.29, 0.717) is 10.9 Å². The van der Waals surface area contributed by atoms with Crippen LogP contribution < -0.4 is 9.44 Å². The molecule has 42 heavy (non-hydrogen) atoms. The van der Waals surface area contributed by atoms with Gasteiger partial charge in [0.2, 0.25) is 10.0 Å². The third kappa shape index (κ3) is 5.90. The molecule has 5 rings (SSSR count). The standard InChI is InChI=1S/C30H25F2N3O5S2/c1-19-14-15-27-24(16-19)28(23-11-4-6-13-26(23)32)29(35(27)18-20-8-3-5-12-25(20)31)30(36)34-42(39,40)22-10-7-9-21(17-22)33-41(2,37)38/h3-17,33H,18H2,1-2H3,(H,34,36). The van der Waals surface area contributed by atoms with E-state index in [1.165, 1.54) is 59.2 Å². The zero-order chi connectivity index (χ0) is 30.2. The molecule has 1 amide bonds. The predicted octanol–water partition coefficient (Wildman–Crippen LogP) is 5.43. The number of carbonyl (C=O) groups excluding carboxylic acids is 1. The summed E-state index contributed by atoms with van der Waals surface area (Å²) in [5, 5.41) is 0.471. The first-order chi connectivity index (χ1) is 19.8. The molecule has 1 heterocycles. The summed E-state index contributed by atoms with van der Waals surface area (Å²) in [6.45, 7) is 1.66. The van der Waals surface area contributed by atoms with E-state index in [1.807, 2.05) is 11.6 Å². The van der Waals surface area contributed by atoms with E-state index in [2.05, 4.69) is 4.72 Å². The Hall–Kier alpha value is -4.55. The molecule has 0 unspecified atom stereocenters. The average Bonchev–Trinajstić information content (AvgIpc) is 3.22. The lowest BCUT2D eigenvalue weighted by Crippen LogP contribution is -2.32. The number of anilines is 1. The molecular formula is C30H25F2N3O5S2. The van der Waals surface area contributed by atoms with Crippen molar-refractivity contribution in [3.05, 3.63) is 119 Å². The summed E-state index contributed by atoms with van der Waals surface area (Å²) in [7, 11) is -8.26. The van der Waals surface area contributed by atoms with Crippen molar-refractivity contribution in [3.8, 4) is 11.1 Å². The maximum Gasteiger partial charge on any atom is 0.282 e. The predicted molar refractivity (Wildman–Crippen MR) is 157 cm³/mol. The highest BCUT2D eigenvalue weighted by molar-refractivity contribution is 7.92. The minimum atomic E-state index is -4.55. The van der Waals surface area contributed by atoms with Crippen LogP contribution in [0.25, 0.3) is 22.0 Å². The zero-order valence-corrected chi connectivity index (χ0v) is 24.1. The van der Waals surface area contributed by atoms with E-state index in [1.54, 1.807) is 30.3 Å². The fraction of sp³-hybridized carbons (Fsp3) is 0.100. The lowest BCUT2D eigenvalue weighted by atomic mass is 10.00. The van der Waals surface area contributed by atoms with Crippen molar-refractivity contribution in [1.82, 2.24) is 9.29 Å². The second-order valence-electron chi connectivity index (χ2n) is 9.74. The number of aryl methyl sites for hydroxylation is 1. The molecule has 0 saturated carbocycles. The second kappa shape index (κ2) is 11.0. The molecule has 0 saturated heterocycles. The van der Waals surface area contributed by atoms with Crippen molar-refractivity contribution in [2.24, 2.45) is 0 Å². The molecule has 0 bridgehead atoms. The molecule has 1 aromatic heterocycles. The van der Waals surface area contributed by atoms with Gasteiger partial charge in [0.05, 0.1) is 17.7 Å². The summed E-state index contributed by atoms with van der Waals surface area (Å²) in [6.07, 6.45) is 0.913. The molecule has 0 aliphatic carbocycles. The van der Waals surface area contributed by atoms with Crippen LogP contribution in [-0.2, 0) is 26.6 Å². The highest BCUT2D eigenvalue weighted by atomic mass is 32.2. The summed E-state index contributed by atoms with van der Waals surface area (Å²) < 4.78 is 85.8. The summed E-state index contributed by atoms with van der Waals surface area (Å²) in [6, 6.07) is 21.9. The van der Waals surface area contributed by atoms with Crippen molar-refractivity contribution < 1.29 is 30.4 Å². The number of hydrogen-bond acceptors (Lipinski definition) is 5. The van der Waals surface area contributed by atoms with Crippen LogP contribution in [0.2, 0.25) is 0 Å². The Balaban J connectivity index is 1.71. The summed E-state index contributed by atoms with van der Waals surface area (Å²) in [4.78, 5) is 13.6. The first-order valence-electron chi connectivity index (χ1n) is 12.6. The van der Waals surface area contributed by atoms with Gasteiger partial charge in [-0.2, -0.15) is 0 Å². The first kappa shape index (κ1) is 29.0. The Morgan fingerprint density at radius 3 is 2.21 bits per heavy atom. The Bertz CT molecular complexity index is 2070. The van der Waals surface area contributed by atoms with Gasteiger partial charge in [-0.15, -0.1) is 0 Å². The van der Waals surface area contributed by atoms with E-state index < -0.39 is 37.6 Å². The van der Waals surface area contributed by atoms with Gasteiger partial charge in [-0.25, -0.2) is 30.3 Å². The van der Waals surface area contributed by atoms with Gasteiger partial charge < -0.3 is 4.57 Å². The number of nitrogens with one attached hydrogen (secondary N) is 2. The van der Waals surface area contributed by atoms with Crippen LogP contribution in [0.4, 0.5) is 14.5 Å². The van der Waals surface area contributed by atoms with Crippen LogP contribution in [0.5, 0.6) is 0 Å². The van der Waals surface area contributed by atoms with Crippen LogP contribution in [-0.4, -0.2) is 33.6 Å². The Labute approximate surface area is 241 Å². The maximum absolute atomic E-state index is 15.3. The van der Waals surface area contributed by atoms with Gasteiger partial charge in [0, 0.05) is 33.3 Å². The van der Waals surface area contributed by atoms with Gasteiger partial charge in [-0.1, -0.05) is 54.1 Å². The number of hydrogen-bond donors (Lipinski definition) is 2. The summed E-state index contributed by atoms with van der Waals surface area (Å²) in [5.41, 5.74) is 1.47. The van der Waals surface area contributed by atoms with Crippen LogP contribution in [0.15, 0.2) is 95.9 Å². The Morgan fingerprint density at radius 2 is 1.52 bits per heavy atom. The number of rotatable bonds is 8. The minimum absolute atomic E-state index is 0.0241. The smallest absolute Gasteiger partial charge is 0.282 e. The van der Waals surface area contributed by atoms with Crippen molar-refractivity contribution in [2.45, 2.75) is 18.4 Å². The van der Waals surface area contributed by atoms with E-state index in [9.17, 15) is 26.0 Å². The van der Waals surface area contributed by atoms with E-state index in [0.717, 1.165) is 17.9 Å². The molecule has 8 nitrogen and oxygen atoms in total. The minimum Gasteiger partial charge on any atom is -0.331 e. The third-order valence-electron chi connectivity index (χ3n) is 6.54. The normalized spacial score (nSPS) is 11.9.